The zero-order chi connectivity index (χ0) is 23.6. The zero-order valence-electron chi connectivity index (χ0n) is 21.0. The molecular weight excluding hydrogens is 436 g/mol. The van der Waals surface area contributed by atoms with Crippen LogP contribution in [0.1, 0.15) is 49.5 Å². The van der Waals surface area contributed by atoms with Crippen molar-refractivity contribution in [3.05, 3.63) is 47.9 Å². The molecule has 2 aliphatic heterocycles. The Morgan fingerprint density at radius 2 is 1.51 bits per heavy atom. The minimum Gasteiger partial charge on any atom is -0.369 e. The number of hydrogen-bond acceptors (Lipinski definition) is 7. The predicted octanol–water partition coefficient (Wildman–Crippen LogP) is 3.25. The van der Waals surface area contributed by atoms with Gasteiger partial charge in [-0.3, -0.25) is 4.90 Å². The summed E-state index contributed by atoms with van der Waals surface area (Å²) in [6.45, 7) is 9.24. The number of likely N-dealkylation sites (N-methyl/N-ethyl adjacent to an activating group) is 1. The molecular formula is C27H38N8. The summed E-state index contributed by atoms with van der Waals surface area (Å²) in [6.07, 6.45) is 6.34. The summed E-state index contributed by atoms with van der Waals surface area (Å²) < 4.78 is 2.03. The lowest BCUT2D eigenvalue weighted by atomic mass is 9.89. The molecule has 0 bridgehead atoms. The number of piperazine rings is 2. The SMILES string of the molecule is CN1CCN(c2cc(CN3CCN(c4ccccc4)CC3)nc3nc(C4CCCCC4)nn23)CC1. The summed E-state index contributed by atoms with van der Waals surface area (Å²) in [7, 11) is 2.21. The maximum Gasteiger partial charge on any atom is 0.254 e. The van der Waals surface area contributed by atoms with Crippen molar-refractivity contribution < 1.29 is 0 Å². The quantitative estimate of drug-likeness (QED) is 0.563. The highest BCUT2D eigenvalue weighted by Crippen LogP contribution is 2.31. The molecule has 3 fully saturated rings. The first kappa shape index (κ1) is 22.7. The van der Waals surface area contributed by atoms with Crippen molar-refractivity contribution in [3.8, 4) is 0 Å². The van der Waals surface area contributed by atoms with Gasteiger partial charge in [0.25, 0.3) is 5.78 Å². The molecule has 4 heterocycles. The third kappa shape index (κ3) is 5.00. The van der Waals surface area contributed by atoms with Crippen LogP contribution in [0.2, 0.25) is 0 Å². The van der Waals surface area contributed by atoms with Gasteiger partial charge in [0.15, 0.2) is 5.82 Å². The standard InChI is InChI=1S/C27H38N8/c1-31-12-16-34(17-13-31)25-20-23(21-32-14-18-33(19-15-32)24-10-6-3-7-11-24)28-27-29-26(30-35(25)27)22-8-4-2-5-9-22/h3,6-7,10-11,20,22H,2,4-5,8-9,12-19,21H2,1H3. The number of hydrogen-bond donors (Lipinski definition) is 0. The van der Waals surface area contributed by atoms with E-state index in [1.165, 1.54) is 37.8 Å². The van der Waals surface area contributed by atoms with Gasteiger partial charge in [-0.2, -0.15) is 9.50 Å². The molecule has 8 heteroatoms. The minimum atomic E-state index is 0.486. The van der Waals surface area contributed by atoms with Crippen LogP contribution in [-0.4, -0.2) is 88.8 Å². The van der Waals surface area contributed by atoms with Gasteiger partial charge >= 0.3 is 0 Å². The fourth-order valence-corrected chi connectivity index (χ4v) is 5.82. The predicted molar refractivity (Wildman–Crippen MR) is 140 cm³/mol. The number of anilines is 2. The van der Waals surface area contributed by atoms with Crippen LogP contribution in [0, 0.1) is 0 Å². The van der Waals surface area contributed by atoms with E-state index in [0.717, 1.165) is 82.0 Å². The molecule has 186 valence electrons. The van der Waals surface area contributed by atoms with Crippen LogP contribution in [0.5, 0.6) is 0 Å². The number of benzene rings is 1. The Morgan fingerprint density at radius 1 is 0.800 bits per heavy atom. The van der Waals surface area contributed by atoms with E-state index >= 15 is 0 Å². The summed E-state index contributed by atoms with van der Waals surface area (Å²) in [6, 6.07) is 13.0. The first-order valence-corrected chi connectivity index (χ1v) is 13.5. The Balaban J connectivity index is 1.23. The number of para-hydroxylation sites is 1. The molecule has 0 radical (unpaired) electrons. The molecule has 1 aromatic carbocycles. The van der Waals surface area contributed by atoms with Gasteiger partial charge < -0.3 is 14.7 Å². The lowest BCUT2D eigenvalue weighted by Gasteiger charge is -2.36. The zero-order valence-corrected chi connectivity index (χ0v) is 21.0. The fraction of sp³-hybridized carbons (Fsp3) is 0.593. The van der Waals surface area contributed by atoms with Gasteiger partial charge in [0.05, 0.1) is 5.69 Å². The van der Waals surface area contributed by atoms with Crippen LogP contribution in [0.25, 0.3) is 5.78 Å². The van der Waals surface area contributed by atoms with E-state index in [4.69, 9.17) is 15.1 Å². The summed E-state index contributed by atoms with van der Waals surface area (Å²) in [5.74, 6) is 3.43. The van der Waals surface area contributed by atoms with Crippen molar-refractivity contribution in [2.45, 2.75) is 44.6 Å². The van der Waals surface area contributed by atoms with E-state index < -0.39 is 0 Å². The largest absolute Gasteiger partial charge is 0.369 e. The van der Waals surface area contributed by atoms with Gasteiger partial charge in [0, 0.05) is 76.6 Å². The number of fused-ring (bicyclic) bond motifs is 1. The molecule has 3 aliphatic rings. The van der Waals surface area contributed by atoms with E-state index in [0.29, 0.717) is 5.92 Å². The maximum absolute atomic E-state index is 5.03. The Labute approximate surface area is 208 Å². The van der Waals surface area contributed by atoms with Crippen molar-refractivity contribution in [2.24, 2.45) is 0 Å². The van der Waals surface area contributed by atoms with E-state index in [1.807, 2.05) is 4.52 Å². The average Bonchev–Trinajstić information content (AvgIpc) is 3.35. The normalized spacial score (nSPS) is 21.2. The molecule has 8 nitrogen and oxygen atoms in total. The second kappa shape index (κ2) is 10.1. The molecule has 35 heavy (non-hydrogen) atoms. The fourth-order valence-electron chi connectivity index (χ4n) is 5.82. The van der Waals surface area contributed by atoms with Crippen molar-refractivity contribution >= 4 is 17.3 Å². The van der Waals surface area contributed by atoms with Gasteiger partial charge in [-0.05, 0) is 32.0 Å². The third-order valence-electron chi connectivity index (χ3n) is 8.04. The molecule has 1 saturated carbocycles. The van der Waals surface area contributed by atoms with Crippen LogP contribution >= 0.6 is 0 Å². The second-order valence-corrected chi connectivity index (χ2v) is 10.5. The maximum atomic E-state index is 5.03. The molecule has 2 aromatic heterocycles. The first-order chi connectivity index (χ1) is 17.2. The molecule has 6 rings (SSSR count). The van der Waals surface area contributed by atoms with Crippen LogP contribution in [0.3, 0.4) is 0 Å². The van der Waals surface area contributed by atoms with E-state index in [9.17, 15) is 0 Å². The molecule has 0 amide bonds. The Bertz CT molecular complexity index is 1110. The number of nitrogens with zero attached hydrogens (tertiary/aromatic N) is 8. The summed E-state index contributed by atoms with van der Waals surface area (Å²) in [5.41, 5.74) is 2.44. The Kier molecular flexibility index (Phi) is 6.57. The van der Waals surface area contributed by atoms with Gasteiger partial charge in [-0.1, -0.05) is 37.5 Å². The highest BCUT2D eigenvalue weighted by molar-refractivity contribution is 5.49. The summed E-state index contributed by atoms with van der Waals surface area (Å²) in [4.78, 5) is 19.9. The minimum absolute atomic E-state index is 0.486. The monoisotopic (exact) mass is 474 g/mol. The van der Waals surface area contributed by atoms with E-state index in [2.05, 4.69) is 63.0 Å². The molecule has 0 unspecified atom stereocenters. The lowest BCUT2D eigenvalue weighted by Crippen LogP contribution is -2.46. The molecule has 1 aliphatic carbocycles. The van der Waals surface area contributed by atoms with Crippen LogP contribution in [-0.2, 0) is 6.54 Å². The van der Waals surface area contributed by atoms with Gasteiger partial charge in [0.1, 0.15) is 5.82 Å². The van der Waals surface area contributed by atoms with Crippen LogP contribution in [0.15, 0.2) is 36.4 Å². The third-order valence-corrected chi connectivity index (χ3v) is 8.04. The smallest absolute Gasteiger partial charge is 0.254 e. The second-order valence-electron chi connectivity index (χ2n) is 10.5. The van der Waals surface area contributed by atoms with Crippen molar-refractivity contribution in [1.29, 1.82) is 0 Å². The van der Waals surface area contributed by atoms with Crippen LogP contribution in [0.4, 0.5) is 11.5 Å². The van der Waals surface area contributed by atoms with Crippen LogP contribution < -0.4 is 9.80 Å². The average molecular weight is 475 g/mol. The highest BCUT2D eigenvalue weighted by Gasteiger charge is 2.25. The number of rotatable bonds is 5. The van der Waals surface area contributed by atoms with Crippen molar-refractivity contribution in [2.75, 3.05) is 69.2 Å². The lowest BCUT2D eigenvalue weighted by molar-refractivity contribution is 0.247. The molecule has 0 atom stereocenters. The topological polar surface area (TPSA) is 56.0 Å². The van der Waals surface area contributed by atoms with Crippen molar-refractivity contribution in [3.63, 3.8) is 0 Å². The molecule has 2 saturated heterocycles. The Morgan fingerprint density at radius 3 is 2.26 bits per heavy atom. The van der Waals surface area contributed by atoms with Gasteiger partial charge in [0.2, 0.25) is 0 Å². The molecule has 3 aromatic rings. The highest BCUT2D eigenvalue weighted by atomic mass is 15.4. The first-order valence-electron chi connectivity index (χ1n) is 13.5. The Hall–Kier alpha value is -2.71. The molecule has 0 N–H and O–H groups in total. The van der Waals surface area contributed by atoms with E-state index in [-0.39, 0.29) is 0 Å². The summed E-state index contributed by atoms with van der Waals surface area (Å²) >= 11 is 0. The van der Waals surface area contributed by atoms with Gasteiger partial charge in [-0.15, -0.1) is 5.10 Å². The molecule has 0 spiro atoms. The number of aromatic nitrogens is 4. The van der Waals surface area contributed by atoms with Crippen molar-refractivity contribution in [1.82, 2.24) is 29.4 Å². The van der Waals surface area contributed by atoms with Gasteiger partial charge in [-0.25, -0.2) is 4.98 Å². The summed E-state index contributed by atoms with van der Waals surface area (Å²) in [5, 5.41) is 5.03. The van der Waals surface area contributed by atoms with E-state index in [1.54, 1.807) is 0 Å².